The van der Waals surface area contributed by atoms with Gasteiger partial charge in [0.05, 0.1) is 21.3 Å². The van der Waals surface area contributed by atoms with E-state index in [1.165, 1.54) is 5.56 Å². The Balaban J connectivity index is 1.66. The predicted octanol–water partition coefficient (Wildman–Crippen LogP) is 3.97. The molecule has 7 heteroatoms. The van der Waals surface area contributed by atoms with E-state index in [1.807, 2.05) is 25.7 Å². The third kappa shape index (κ3) is 4.56. The fourth-order valence-corrected chi connectivity index (χ4v) is 8.43. The van der Waals surface area contributed by atoms with Gasteiger partial charge in [-0.05, 0) is 26.3 Å². The molecule has 0 N–H and O–H groups in total. The highest BCUT2D eigenvalue weighted by Gasteiger charge is 2.64. The molecule has 1 aromatic rings. The first-order valence-electron chi connectivity index (χ1n) is 11.5. The van der Waals surface area contributed by atoms with Gasteiger partial charge in [-0.1, -0.05) is 50.0 Å². The van der Waals surface area contributed by atoms with Crippen LogP contribution in [0.1, 0.15) is 26.3 Å². The molecule has 3 saturated heterocycles. The lowest BCUT2D eigenvalue weighted by molar-refractivity contribution is -0.280. The number of piperidine rings is 2. The molecule has 4 rings (SSSR count). The Kier molecular flexibility index (Phi) is 6.00. The zero-order valence-electron chi connectivity index (χ0n) is 19.9. The van der Waals surface area contributed by atoms with Crippen LogP contribution in [0.2, 0.25) is 19.6 Å². The highest BCUT2D eigenvalue weighted by atomic mass is 28.3. The lowest BCUT2D eigenvalue weighted by atomic mass is 9.77. The van der Waals surface area contributed by atoms with Gasteiger partial charge in [0, 0.05) is 43.7 Å². The second kappa shape index (κ2) is 8.18. The van der Waals surface area contributed by atoms with Gasteiger partial charge in [0.15, 0.2) is 5.79 Å². The van der Waals surface area contributed by atoms with Crippen molar-refractivity contribution in [3.05, 3.63) is 35.9 Å². The molecule has 3 fully saturated rings. The van der Waals surface area contributed by atoms with E-state index in [4.69, 9.17) is 14.2 Å². The SMILES string of the molecule is CC(C)(C)OC(=O)N1C[C@H]2CN(Cc3ccccc3)CC(C1[Si](C)(C)C)C21OCCO1. The largest absolute Gasteiger partial charge is 0.444 e. The standard InChI is InChI=1S/C24H38N2O4Si/c1-23(2,3)30-22(27)26-16-19-15-25(14-18-10-8-7-9-11-18)17-20(21(26)31(4,5)6)24(19)28-12-13-29-24/h7-11,19-21H,12-17H2,1-6H3/t19-,20?,21?/m1/s1. The Hall–Kier alpha value is -1.41. The maximum absolute atomic E-state index is 13.3. The lowest BCUT2D eigenvalue weighted by Gasteiger charge is -2.60. The second-order valence-corrected chi connectivity index (χ2v) is 16.7. The molecule has 1 spiro atoms. The second-order valence-electron chi connectivity index (χ2n) is 11.3. The number of hydrogen-bond donors (Lipinski definition) is 0. The molecule has 3 aliphatic heterocycles. The summed E-state index contributed by atoms with van der Waals surface area (Å²) < 4.78 is 18.6. The van der Waals surface area contributed by atoms with Crippen LogP contribution in [0.15, 0.2) is 30.3 Å². The van der Waals surface area contributed by atoms with Crippen molar-refractivity contribution in [1.29, 1.82) is 0 Å². The Morgan fingerprint density at radius 1 is 1.10 bits per heavy atom. The topological polar surface area (TPSA) is 51.2 Å². The number of carbonyl (C=O) groups excluding carboxylic acids is 1. The van der Waals surface area contributed by atoms with Crippen LogP contribution in [0.4, 0.5) is 4.79 Å². The minimum Gasteiger partial charge on any atom is -0.444 e. The Bertz CT molecular complexity index is 783. The average Bonchev–Trinajstić information content (AvgIpc) is 3.11. The molecule has 0 aromatic heterocycles. The number of carbonyl (C=O) groups is 1. The van der Waals surface area contributed by atoms with Crippen molar-refractivity contribution in [2.24, 2.45) is 11.8 Å². The molecule has 172 valence electrons. The van der Waals surface area contributed by atoms with E-state index in [9.17, 15) is 4.79 Å². The van der Waals surface area contributed by atoms with Crippen molar-refractivity contribution in [2.75, 3.05) is 32.8 Å². The van der Waals surface area contributed by atoms with E-state index < -0.39 is 19.5 Å². The molecule has 2 bridgehead atoms. The third-order valence-electron chi connectivity index (χ3n) is 6.66. The van der Waals surface area contributed by atoms with Crippen molar-refractivity contribution in [2.45, 2.75) is 64.0 Å². The fraction of sp³-hybridized carbons (Fsp3) is 0.708. The minimum absolute atomic E-state index is 0.0928. The zero-order valence-corrected chi connectivity index (χ0v) is 20.9. The number of likely N-dealkylation sites (tertiary alicyclic amines) is 2. The number of amides is 1. The molecule has 2 unspecified atom stereocenters. The molecule has 0 radical (unpaired) electrons. The summed E-state index contributed by atoms with van der Waals surface area (Å²) in [4.78, 5) is 17.9. The molecule has 1 amide bonds. The van der Waals surface area contributed by atoms with Crippen LogP contribution in [0.3, 0.4) is 0 Å². The van der Waals surface area contributed by atoms with Gasteiger partial charge in [0.2, 0.25) is 0 Å². The van der Waals surface area contributed by atoms with Crippen molar-refractivity contribution in [3.63, 3.8) is 0 Å². The van der Waals surface area contributed by atoms with Crippen LogP contribution in [0.25, 0.3) is 0 Å². The molecular formula is C24H38N2O4Si. The highest BCUT2D eigenvalue weighted by molar-refractivity contribution is 6.77. The van der Waals surface area contributed by atoms with Gasteiger partial charge < -0.3 is 19.1 Å². The van der Waals surface area contributed by atoms with Crippen LogP contribution in [0, 0.1) is 11.8 Å². The van der Waals surface area contributed by atoms with Crippen molar-refractivity contribution in [1.82, 2.24) is 9.80 Å². The zero-order chi connectivity index (χ0) is 22.4. The van der Waals surface area contributed by atoms with Crippen LogP contribution in [0.5, 0.6) is 0 Å². The van der Waals surface area contributed by atoms with Crippen LogP contribution in [-0.4, -0.2) is 73.9 Å². The van der Waals surface area contributed by atoms with Crippen LogP contribution >= 0.6 is 0 Å². The summed E-state index contributed by atoms with van der Waals surface area (Å²) in [5, 5.41) is 0. The third-order valence-corrected chi connectivity index (χ3v) is 9.14. The summed E-state index contributed by atoms with van der Waals surface area (Å²) in [7, 11) is -1.81. The molecule has 0 saturated carbocycles. The normalized spacial score (nSPS) is 28.7. The summed E-state index contributed by atoms with van der Waals surface area (Å²) >= 11 is 0. The molecule has 3 heterocycles. The van der Waals surface area contributed by atoms with Crippen molar-refractivity contribution in [3.8, 4) is 0 Å². The Morgan fingerprint density at radius 2 is 1.74 bits per heavy atom. The number of hydrogen-bond acceptors (Lipinski definition) is 5. The summed E-state index contributed by atoms with van der Waals surface area (Å²) in [5.74, 6) is -0.348. The lowest BCUT2D eigenvalue weighted by Crippen LogP contribution is -2.75. The first-order chi connectivity index (χ1) is 14.5. The summed E-state index contributed by atoms with van der Waals surface area (Å²) in [6.07, 6.45) is -0.195. The molecule has 1 aromatic carbocycles. The monoisotopic (exact) mass is 446 g/mol. The van der Waals surface area contributed by atoms with E-state index in [-0.39, 0.29) is 23.6 Å². The van der Waals surface area contributed by atoms with Gasteiger partial charge in [-0.15, -0.1) is 0 Å². The van der Waals surface area contributed by atoms with Gasteiger partial charge in [-0.3, -0.25) is 4.90 Å². The van der Waals surface area contributed by atoms with E-state index in [1.54, 1.807) is 0 Å². The molecule has 3 aliphatic rings. The summed E-state index contributed by atoms with van der Waals surface area (Å²) in [6.45, 7) is 17.3. The van der Waals surface area contributed by atoms with Crippen LogP contribution < -0.4 is 0 Å². The Morgan fingerprint density at radius 3 is 2.32 bits per heavy atom. The smallest absolute Gasteiger partial charge is 0.410 e. The van der Waals surface area contributed by atoms with Gasteiger partial charge in [-0.25, -0.2) is 4.79 Å². The van der Waals surface area contributed by atoms with Crippen LogP contribution in [-0.2, 0) is 20.8 Å². The average molecular weight is 447 g/mol. The van der Waals surface area contributed by atoms with Gasteiger partial charge >= 0.3 is 6.09 Å². The Labute approximate surface area is 187 Å². The maximum atomic E-state index is 13.3. The molecule has 0 aliphatic carbocycles. The molecule has 31 heavy (non-hydrogen) atoms. The highest BCUT2D eigenvalue weighted by Crippen LogP contribution is 2.49. The first-order valence-corrected chi connectivity index (χ1v) is 15.1. The summed E-state index contributed by atoms with van der Waals surface area (Å²) in [6, 6.07) is 10.6. The summed E-state index contributed by atoms with van der Waals surface area (Å²) in [5.41, 5.74) is 0.902. The van der Waals surface area contributed by atoms with Gasteiger partial charge in [0.1, 0.15) is 5.60 Å². The maximum Gasteiger partial charge on any atom is 0.410 e. The first kappa shape index (κ1) is 22.8. The van der Waals surface area contributed by atoms with Crippen molar-refractivity contribution < 1.29 is 19.0 Å². The minimum atomic E-state index is -1.81. The number of rotatable bonds is 3. The number of nitrogens with zero attached hydrogens (tertiary/aromatic N) is 2. The molecule has 6 nitrogen and oxygen atoms in total. The number of benzene rings is 1. The van der Waals surface area contributed by atoms with E-state index in [0.717, 1.165) is 19.6 Å². The fourth-order valence-electron chi connectivity index (χ4n) is 5.74. The molecule has 3 atom stereocenters. The van der Waals surface area contributed by atoms with Gasteiger partial charge in [-0.2, -0.15) is 0 Å². The van der Waals surface area contributed by atoms with Gasteiger partial charge in [0.25, 0.3) is 0 Å². The van der Waals surface area contributed by atoms with E-state index in [2.05, 4.69) is 54.9 Å². The molecular weight excluding hydrogens is 408 g/mol. The predicted molar refractivity (Wildman–Crippen MR) is 123 cm³/mol. The van der Waals surface area contributed by atoms with Crippen molar-refractivity contribution >= 4 is 14.2 Å². The van der Waals surface area contributed by atoms with E-state index >= 15 is 0 Å². The van der Waals surface area contributed by atoms with E-state index in [0.29, 0.717) is 19.8 Å². The number of ether oxygens (including phenoxy) is 3. The quantitative estimate of drug-likeness (QED) is 0.658.